The lowest BCUT2D eigenvalue weighted by atomic mass is 10.2. The third kappa shape index (κ3) is 7.25. The molecule has 1 saturated heterocycles. The Bertz CT molecular complexity index is 1420. The van der Waals surface area contributed by atoms with Gasteiger partial charge in [-0.25, -0.2) is 14.4 Å². The Morgan fingerprint density at radius 3 is 3.03 bits per heavy atom. The van der Waals surface area contributed by atoms with Gasteiger partial charge in [-0.05, 0) is 36.8 Å². The molecule has 4 aromatic rings. The van der Waals surface area contributed by atoms with Gasteiger partial charge in [0.2, 0.25) is 5.91 Å². The number of carbonyl (C=O) groups is 1. The zero-order chi connectivity index (χ0) is 27.0. The number of aliphatic hydroxyl groups excluding tert-OH is 1. The molecular weight excluding hydrogens is 505 g/mol. The number of nitrogens with zero attached hydrogens (tertiary/aromatic N) is 4. The lowest BCUT2D eigenvalue weighted by Crippen LogP contribution is -2.44. The van der Waals surface area contributed by atoms with Gasteiger partial charge < -0.3 is 25.2 Å². The second-order valence-electron chi connectivity index (χ2n) is 9.22. The van der Waals surface area contributed by atoms with Crippen LogP contribution in [0.2, 0.25) is 0 Å². The lowest BCUT2D eigenvalue weighted by molar-refractivity contribution is -0.115. The van der Waals surface area contributed by atoms with E-state index in [4.69, 9.17) is 9.47 Å². The summed E-state index contributed by atoms with van der Waals surface area (Å²) >= 11 is 0. The van der Waals surface area contributed by atoms with E-state index in [1.54, 1.807) is 12.1 Å². The van der Waals surface area contributed by atoms with Crippen molar-refractivity contribution in [1.82, 2.24) is 25.1 Å². The first-order valence-electron chi connectivity index (χ1n) is 12.7. The number of aromatic nitrogens is 4. The third-order valence-electron chi connectivity index (χ3n) is 6.26. The molecule has 0 aliphatic carbocycles. The Balaban J connectivity index is 1.14. The zero-order valence-electron chi connectivity index (χ0n) is 21.3. The van der Waals surface area contributed by atoms with E-state index in [0.717, 1.165) is 31.4 Å². The summed E-state index contributed by atoms with van der Waals surface area (Å²) in [6.07, 6.45) is 2.25. The van der Waals surface area contributed by atoms with Crippen molar-refractivity contribution in [2.75, 3.05) is 50.1 Å². The molecule has 0 saturated carbocycles. The molecule has 1 aliphatic heterocycles. The van der Waals surface area contributed by atoms with Crippen molar-refractivity contribution >= 4 is 34.1 Å². The standard InChI is InChI=1S/C27H30FN7O4/c28-18-3-1-4-19(11-18)31-26(37)13-20-12-25(34-33-20)32-27-23-6-5-21(14-24(23)29-17-30-27)38-9-2-7-35-8-10-39-22(15-35)16-36/h1,3-6,11-12,14,17,22,36H,2,7-10,13,15-16H2,(H,31,37)(H2,29,30,32,33,34)/t22-/m0/s1. The predicted octanol–water partition coefficient (Wildman–Crippen LogP) is 2.88. The summed E-state index contributed by atoms with van der Waals surface area (Å²) in [4.78, 5) is 23.3. The SMILES string of the molecule is O=C(Cc1cc(Nc2ncnc3cc(OCCCN4CCO[C@H](CO)C4)ccc23)n[nH]1)Nc1cccc(F)c1. The van der Waals surface area contributed by atoms with Crippen LogP contribution in [0.25, 0.3) is 10.9 Å². The maximum Gasteiger partial charge on any atom is 0.230 e. The van der Waals surface area contributed by atoms with Crippen LogP contribution in [0.3, 0.4) is 0 Å². The number of ether oxygens (including phenoxy) is 2. The minimum atomic E-state index is -0.419. The highest BCUT2D eigenvalue weighted by atomic mass is 19.1. The molecule has 3 heterocycles. The Labute approximate surface area is 224 Å². The van der Waals surface area contributed by atoms with Gasteiger partial charge in [0, 0.05) is 48.5 Å². The zero-order valence-corrected chi connectivity index (χ0v) is 21.3. The molecule has 1 aliphatic rings. The molecule has 12 heteroatoms. The number of H-pyrrole nitrogens is 1. The molecule has 0 bridgehead atoms. The van der Waals surface area contributed by atoms with E-state index in [1.165, 1.54) is 24.5 Å². The van der Waals surface area contributed by atoms with Crippen LogP contribution in [0.5, 0.6) is 5.75 Å². The number of morpholine rings is 1. The molecule has 0 radical (unpaired) electrons. The lowest BCUT2D eigenvalue weighted by Gasteiger charge is -2.31. The second-order valence-corrected chi connectivity index (χ2v) is 9.22. The Kier molecular flexibility index (Phi) is 8.56. The van der Waals surface area contributed by atoms with Crippen LogP contribution in [-0.2, 0) is 16.0 Å². The number of nitrogens with one attached hydrogen (secondary N) is 3. The van der Waals surface area contributed by atoms with Gasteiger partial charge in [-0.15, -0.1) is 0 Å². The summed E-state index contributed by atoms with van der Waals surface area (Å²) in [6, 6.07) is 13.1. The van der Waals surface area contributed by atoms with Gasteiger partial charge >= 0.3 is 0 Å². The van der Waals surface area contributed by atoms with Crippen LogP contribution < -0.4 is 15.4 Å². The van der Waals surface area contributed by atoms with Crippen molar-refractivity contribution in [3.8, 4) is 5.75 Å². The fourth-order valence-corrected chi connectivity index (χ4v) is 4.38. The highest BCUT2D eigenvalue weighted by molar-refractivity contribution is 5.93. The number of halogens is 1. The third-order valence-corrected chi connectivity index (χ3v) is 6.26. The van der Waals surface area contributed by atoms with Gasteiger partial charge in [0.05, 0.1) is 37.9 Å². The number of aliphatic hydroxyl groups is 1. The molecule has 0 spiro atoms. The van der Waals surface area contributed by atoms with Crippen LogP contribution in [-0.4, -0.2) is 81.6 Å². The van der Waals surface area contributed by atoms with Crippen molar-refractivity contribution < 1.29 is 23.8 Å². The van der Waals surface area contributed by atoms with E-state index in [2.05, 4.69) is 35.7 Å². The molecule has 11 nitrogen and oxygen atoms in total. The van der Waals surface area contributed by atoms with Crippen LogP contribution in [0, 0.1) is 5.82 Å². The summed E-state index contributed by atoms with van der Waals surface area (Å²) in [6.45, 7) is 3.71. The molecule has 1 atom stereocenters. The highest BCUT2D eigenvalue weighted by Crippen LogP contribution is 2.26. The number of aromatic amines is 1. The van der Waals surface area contributed by atoms with Crippen LogP contribution >= 0.6 is 0 Å². The summed E-state index contributed by atoms with van der Waals surface area (Å²) in [5.41, 5.74) is 1.69. The molecular formula is C27H30FN7O4. The fourth-order valence-electron chi connectivity index (χ4n) is 4.38. The molecule has 204 valence electrons. The summed E-state index contributed by atoms with van der Waals surface area (Å²) < 4.78 is 24.8. The molecule has 1 amide bonds. The first-order valence-corrected chi connectivity index (χ1v) is 12.7. The number of fused-ring (bicyclic) bond motifs is 1. The topological polar surface area (TPSA) is 138 Å². The molecule has 2 aromatic heterocycles. The van der Waals surface area contributed by atoms with Crippen molar-refractivity contribution in [1.29, 1.82) is 0 Å². The monoisotopic (exact) mass is 535 g/mol. The maximum absolute atomic E-state index is 13.3. The molecule has 0 unspecified atom stereocenters. The summed E-state index contributed by atoms with van der Waals surface area (Å²) in [7, 11) is 0. The second kappa shape index (κ2) is 12.6. The number of hydrogen-bond acceptors (Lipinski definition) is 9. The average molecular weight is 536 g/mol. The number of carbonyl (C=O) groups excluding carboxylic acids is 1. The van der Waals surface area contributed by atoms with Crippen molar-refractivity contribution in [3.05, 3.63) is 66.4 Å². The Morgan fingerprint density at radius 2 is 2.15 bits per heavy atom. The Morgan fingerprint density at radius 1 is 1.23 bits per heavy atom. The van der Waals surface area contributed by atoms with E-state index in [1.807, 2.05) is 18.2 Å². The van der Waals surface area contributed by atoms with E-state index in [-0.39, 0.29) is 25.0 Å². The van der Waals surface area contributed by atoms with Crippen LogP contribution in [0.4, 0.5) is 21.7 Å². The van der Waals surface area contributed by atoms with Gasteiger partial charge in [-0.1, -0.05) is 6.07 Å². The van der Waals surface area contributed by atoms with Crippen molar-refractivity contribution in [2.45, 2.75) is 18.9 Å². The maximum atomic E-state index is 13.3. The van der Waals surface area contributed by atoms with E-state index in [9.17, 15) is 14.3 Å². The molecule has 39 heavy (non-hydrogen) atoms. The van der Waals surface area contributed by atoms with Crippen LogP contribution in [0.15, 0.2) is 54.9 Å². The quantitative estimate of drug-likeness (QED) is 0.214. The number of anilines is 3. The van der Waals surface area contributed by atoms with Gasteiger partial charge in [0.15, 0.2) is 5.82 Å². The summed E-state index contributed by atoms with van der Waals surface area (Å²) in [5.74, 6) is 1.07. The first kappa shape index (κ1) is 26.5. The molecule has 2 aromatic carbocycles. The van der Waals surface area contributed by atoms with Gasteiger partial charge in [-0.3, -0.25) is 14.8 Å². The van der Waals surface area contributed by atoms with Gasteiger partial charge in [-0.2, -0.15) is 5.10 Å². The largest absolute Gasteiger partial charge is 0.493 e. The number of benzene rings is 2. The van der Waals surface area contributed by atoms with E-state index >= 15 is 0 Å². The normalized spacial score (nSPS) is 15.8. The van der Waals surface area contributed by atoms with Gasteiger partial charge in [0.1, 0.15) is 23.7 Å². The van der Waals surface area contributed by atoms with Crippen LogP contribution in [0.1, 0.15) is 12.1 Å². The highest BCUT2D eigenvalue weighted by Gasteiger charge is 2.19. The number of amides is 1. The number of hydrogen-bond donors (Lipinski definition) is 4. The van der Waals surface area contributed by atoms with Crippen molar-refractivity contribution in [3.63, 3.8) is 0 Å². The van der Waals surface area contributed by atoms with E-state index in [0.29, 0.717) is 47.5 Å². The molecule has 5 rings (SSSR count). The van der Waals surface area contributed by atoms with E-state index < -0.39 is 5.82 Å². The summed E-state index contributed by atoms with van der Waals surface area (Å²) in [5, 5.41) is 23.0. The number of rotatable bonds is 11. The predicted molar refractivity (Wildman–Crippen MR) is 144 cm³/mol. The smallest absolute Gasteiger partial charge is 0.230 e. The molecule has 1 fully saturated rings. The van der Waals surface area contributed by atoms with Gasteiger partial charge in [0.25, 0.3) is 0 Å². The average Bonchev–Trinajstić information content (AvgIpc) is 3.37. The first-order chi connectivity index (χ1) is 19.1. The Hall–Kier alpha value is -4.13. The fraction of sp³-hybridized carbons (Fsp3) is 0.333. The molecule has 4 N–H and O–H groups in total. The minimum Gasteiger partial charge on any atom is -0.493 e. The minimum absolute atomic E-state index is 0.0409. The van der Waals surface area contributed by atoms with Crippen molar-refractivity contribution in [2.24, 2.45) is 0 Å².